The minimum Gasteiger partial charge on any atom is -0.325 e. The van der Waals surface area contributed by atoms with Crippen molar-refractivity contribution < 1.29 is 9.59 Å². The molecule has 132 valence electrons. The van der Waals surface area contributed by atoms with E-state index in [1.54, 1.807) is 36.5 Å². The first-order valence-corrected chi connectivity index (χ1v) is 10.3. The molecule has 3 rings (SSSR count). The Balaban J connectivity index is 1.51. The van der Waals surface area contributed by atoms with Gasteiger partial charge >= 0.3 is 0 Å². The van der Waals surface area contributed by atoms with E-state index in [2.05, 4.69) is 31.5 Å². The second kappa shape index (κ2) is 8.98. The van der Waals surface area contributed by atoms with Crippen molar-refractivity contribution in [3.8, 4) is 0 Å². The molecule has 0 fully saturated rings. The summed E-state index contributed by atoms with van der Waals surface area (Å²) in [6.45, 7) is 0. The smallest absolute Gasteiger partial charge is 0.265 e. The number of benzene rings is 1. The Morgan fingerprint density at radius 3 is 2.42 bits per heavy atom. The molecule has 3 aromatic rings. The Morgan fingerprint density at radius 1 is 1.04 bits per heavy atom. The van der Waals surface area contributed by atoms with Gasteiger partial charge in [-0.1, -0.05) is 17.8 Å². The fourth-order valence-electron chi connectivity index (χ4n) is 2.05. The van der Waals surface area contributed by atoms with Gasteiger partial charge in [0, 0.05) is 22.0 Å². The van der Waals surface area contributed by atoms with E-state index in [1.165, 1.54) is 23.1 Å². The maximum Gasteiger partial charge on any atom is 0.265 e. The minimum atomic E-state index is -0.144. The number of anilines is 2. The molecule has 0 aliphatic heterocycles. The zero-order chi connectivity index (χ0) is 18.4. The van der Waals surface area contributed by atoms with Crippen LogP contribution in [0, 0.1) is 0 Å². The van der Waals surface area contributed by atoms with Crippen molar-refractivity contribution in [2.45, 2.75) is 5.03 Å². The van der Waals surface area contributed by atoms with Crippen LogP contribution in [0.5, 0.6) is 0 Å². The molecule has 26 heavy (non-hydrogen) atoms. The molecule has 0 atom stereocenters. The topological polar surface area (TPSA) is 71.1 Å². The van der Waals surface area contributed by atoms with E-state index in [4.69, 9.17) is 0 Å². The summed E-state index contributed by atoms with van der Waals surface area (Å²) in [5.41, 5.74) is 1.35. The number of nitrogens with zero attached hydrogens (tertiary/aromatic N) is 1. The van der Waals surface area contributed by atoms with Gasteiger partial charge in [0.2, 0.25) is 5.91 Å². The number of thiophene rings is 1. The summed E-state index contributed by atoms with van der Waals surface area (Å²) < 4.78 is 0.864. The van der Waals surface area contributed by atoms with Crippen LogP contribution in [0.1, 0.15) is 9.67 Å². The van der Waals surface area contributed by atoms with E-state index < -0.39 is 0 Å². The Kier molecular flexibility index (Phi) is 6.43. The van der Waals surface area contributed by atoms with Crippen LogP contribution in [0.15, 0.2) is 69.6 Å². The first kappa shape index (κ1) is 18.6. The van der Waals surface area contributed by atoms with Crippen molar-refractivity contribution in [1.82, 2.24) is 4.98 Å². The molecule has 8 heteroatoms. The number of carbonyl (C=O) groups excluding carboxylic acids is 2. The lowest BCUT2D eigenvalue weighted by Gasteiger charge is -2.08. The SMILES string of the molecule is O=C(CSc1ncccc1Br)Nc1ccc(NC(=O)c2cccs2)cc1. The number of halogens is 1. The van der Waals surface area contributed by atoms with Gasteiger partial charge in [-0.2, -0.15) is 0 Å². The predicted molar refractivity (Wildman–Crippen MR) is 110 cm³/mol. The van der Waals surface area contributed by atoms with Gasteiger partial charge in [0.25, 0.3) is 5.91 Å². The number of amides is 2. The highest BCUT2D eigenvalue weighted by atomic mass is 79.9. The van der Waals surface area contributed by atoms with E-state index in [0.29, 0.717) is 16.3 Å². The molecule has 1 aromatic carbocycles. The molecule has 0 radical (unpaired) electrons. The van der Waals surface area contributed by atoms with Crippen molar-refractivity contribution in [3.63, 3.8) is 0 Å². The van der Waals surface area contributed by atoms with Crippen LogP contribution in [-0.4, -0.2) is 22.6 Å². The number of rotatable bonds is 6. The number of nitrogens with one attached hydrogen (secondary N) is 2. The average molecular weight is 448 g/mol. The second-order valence-corrected chi connectivity index (χ2v) is 7.90. The first-order chi connectivity index (χ1) is 12.6. The summed E-state index contributed by atoms with van der Waals surface area (Å²) in [6.07, 6.45) is 1.69. The number of aromatic nitrogens is 1. The molecule has 0 bridgehead atoms. The largest absolute Gasteiger partial charge is 0.325 e. The molecule has 0 saturated carbocycles. The monoisotopic (exact) mass is 447 g/mol. The van der Waals surface area contributed by atoms with E-state index in [-0.39, 0.29) is 17.6 Å². The quantitative estimate of drug-likeness (QED) is 0.527. The Hall–Kier alpha value is -2.16. The molecule has 2 amide bonds. The summed E-state index contributed by atoms with van der Waals surface area (Å²) in [7, 11) is 0. The summed E-state index contributed by atoms with van der Waals surface area (Å²) in [5, 5.41) is 8.27. The molecule has 0 aliphatic carbocycles. The van der Waals surface area contributed by atoms with Crippen LogP contribution in [-0.2, 0) is 4.79 Å². The van der Waals surface area contributed by atoms with E-state index >= 15 is 0 Å². The molecule has 5 nitrogen and oxygen atoms in total. The highest BCUT2D eigenvalue weighted by Crippen LogP contribution is 2.24. The molecular weight excluding hydrogens is 434 g/mol. The zero-order valence-electron chi connectivity index (χ0n) is 13.4. The molecule has 2 aromatic heterocycles. The van der Waals surface area contributed by atoms with Gasteiger partial charge in [0.15, 0.2) is 0 Å². The van der Waals surface area contributed by atoms with Crippen LogP contribution >= 0.6 is 39.0 Å². The zero-order valence-corrected chi connectivity index (χ0v) is 16.7. The Bertz CT molecular complexity index is 899. The highest BCUT2D eigenvalue weighted by Gasteiger charge is 2.09. The summed E-state index contributed by atoms with van der Waals surface area (Å²) in [5.74, 6) is -0.0102. The van der Waals surface area contributed by atoms with Gasteiger partial charge in [0.1, 0.15) is 5.03 Å². The lowest BCUT2D eigenvalue weighted by molar-refractivity contribution is -0.113. The average Bonchev–Trinajstić information content (AvgIpc) is 3.17. The van der Waals surface area contributed by atoms with E-state index in [1.807, 2.05) is 23.6 Å². The van der Waals surface area contributed by atoms with Crippen molar-refractivity contribution in [2.24, 2.45) is 0 Å². The van der Waals surface area contributed by atoms with Gasteiger partial charge in [0.05, 0.1) is 10.6 Å². The third kappa shape index (κ3) is 5.17. The van der Waals surface area contributed by atoms with Crippen molar-refractivity contribution in [3.05, 3.63) is 69.5 Å². The van der Waals surface area contributed by atoms with Crippen LogP contribution in [0.3, 0.4) is 0 Å². The number of carbonyl (C=O) groups is 2. The standard InChI is InChI=1S/C18H14BrN3O2S2/c19-14-3-1-9-20-18(14)26-11-16(23)21-12-5-7-13(8-6-12)22-17(24)15-4-2-10-25-15/h1-10H,11H2,(H,21,23)(H,22,24). The van der Waals surface area contributed by atoms with Crippen molar-refractivity contribution in [2.75, 3.05) is 16.4 Å². The van der Waals surface area contributed by atoms with Crippen molar-refractivity contribution in [1.29, 1.82) is 0 Å². The van der Waals surface area contributed by atoms with Gasteiger partial charge in [-0.05, 0) is 63.8 Å². The van der Waals surface area contributed by atoms with Crippen LogP contribution in [0.4, 0.5) is 11.4 Å². The van der Waals surface area contributed by atoms with Crippen molar-refractivity contribution >= 4 is 62.2 Å². The van der Waals surface area contributed by atoms with E-state index in [0.717, 1.165) is 9.50 Å². The molecule has 0 aliphatic rings. The molecule has 2 N–H and O–H groups in total. The fourth-order valence-corrected chi connectivity index (χ4v) is 3.94. The maximum absolute atomic E-state index is 12.1. The Morgan fingerprint density at radius 2 is 1.77 bits per heavy atom. The molecular formula is C18H14BrN3O2S2. The van der Waals surface area contributed by atoms with Gasteiger partial charge < -0.3 is 10.6 Å². The fraction of sp³-hybridized carbons (Fsp3) is 0.0556. The van der Waals surface area contributed by atoms with Gasteiger partial charge in [-0.15, -0.1) is 11.3 Å². The lowest BCUT2D eigenvalue weighted by Crippen LogP contribution is -2.14. The summed E-state index contributed by atoms with van der Waals surface area (Å²) >= 11 is 6.15. The van der Waals surface area contributed by atoms with E-state index in [9.17, 15) is 9.59 Å². The maximum atomic E-state index is 12.1. The van der Waals surface area contributed by atoms with Gasteiger partial charge in [-0.25, -0.2) is 4.98 Å². The molecule has 2 heterocycles. The third-order valence-electron chi connectivity index (χ3n) is 3.24. The highest BCUT2D eigenvalue weighted by molar-refractivity contribution is 9.10. The second-order valence-electron chi connectivity index (χ2n) is 5.14. The van der Waals surface area contributed by atoms with Crippen LogP contribution in [0.25, 0.3) is 0 Å². The van der Waals surface area contributed by atoms with Crippen LogP contribution < -0.4 is 10.6 Å². The third-order valence-corrected chi connectivity index (χ3v) is 6.01. The molecule has 0 spiro atoms. The lowest BCUT2D eigenvalue weighted by atomic mass is 10.2. The van der Waals surface area contributed by atoms with Gasteiger partial charge in [-0.3, -0.25) is 9.59 Å². The summed E-state index contributed by atoms with van der Waals surface area (Å²) in [4.78, 5) is 28.9. The predicted octanol–water partition coefficient (Wildman–Crippen LogP) is 4.89. The first-order valence-electron chi connectivity index (χ1n) is 7.60. The molecule has 0 unspecified atom stereocenters. The minimum absolute atomic E-state index is 0.122. The summed E-state index contributed by atoms with van der Waals surface area (Å²) in [6, 6.07) is 14.3. The Labute approximate surface area is 167 Å². The number of hydrogen-bond acceptors (Lipinski definition) is 5. The molecule has 0 saturated heterocycles. The van der Waals surface area contributed by atoms with Crippen LogP contribution in [0.2, 0.25) is 0 Å². The number of thioether (sulfide) groups is 1. The normalized spacial score (nSPS) is 10.3. The number of pyridine rings is 1. The number of hydrogen-bond donors (Lipinski definition) is 2.